The lowest BCUT2D eigenvalue weighted by Crippen LogP contribution is -1.87. The van der Waals surface area contributed by atoms with Crippen molar-refractivity contribution in [3.63, 3.8) is 0 Å². The van der Waals surface area contributed by atoms with Crippen molar-refractivity contribution in [3.8, 4) is 0 Å². The summed E-state index contributed by atoms with van der Waals surface area (Å²) in [6, 6.07) is 5.31. The normalized spacial score (nSPS) is 10.1. The Kier molecular flexibility index (Phi) is 2.08. The molecule has 0 radical (unpaired) electrons. The highest BCUT2D eigenvalue weighted by molar-refractivity contribution is 6.31. The number of halogens is 1. The number of aliphatic imine (C=N–C) groups is 1. The SMILES string of the molecule is Cn1nc(N=C=O)c2cc(Cl)ccc21. The van der Waals surface area contributed by atoms with Crippen molar-refractivity contribution in [2.45, 2.75) is 0 Å². The van der Waals surface area contributed by atoms with Crippen LogP contribution < -0.4 is 0 Å². The van der Waals surface area contributed by atoms with Crippen molar-refractivity contribution < 1.29 is 4.79 Å². The number of hydrogen-bond donors (Lipinski definition) is 0. The van der Waals surface area contributed by atoms with E-state index in [9.17, 15) is 4.79 Å². The number of nitrogens with zero attached hydrogens (tertiary/aromatic N) is 3. The van der Waals surface area contributed by atoms with Crippen molar-refractivity contribution in [2.24, 2.45) is 12.0 Å². The smallest absolute Gasteiger partial charge is 0.242 e. The molecule has 0 aliphatic rings. The second-order valence-electron chi connectivity index (χ2n) is 2.81. The zero-order valence-corrected chi connectivity index (χ0v) is 8.12. The highest BCUT2D eigenvalue weighted by Gasteiger charge is 2.07. The van der Waals surface area contributed by atoms with Crippen molar-refractivity contribution in [3.05, 3.63) is 23.2 Å². The van der Waals surface area contributed by atoms with Crippen LogP contribution in [0.1, 0.15) is 0 Å². The number of carbonyl (C=O) groups excluding carboxylic acids is 1. The van der Waals surface area contributed by atoms with Gasteiger partial charge < -0.3 is 0 Å². The Balaban J connectivity index is 2.85. The first-order valence-corrected chi connectivity index (χ1v) is 4.30. The molecule has 0 bridgehead atoms. The van der Waals surface area contributed by atoms with E-state index in [1.165, 1.54) is 6.08 Å². The standard InChI is InChI=1S/C9H6ClN3O/c1-13-8-3-2-6(10)4-7(8)9(12-13)11-5-14/h2-4H,1H3. The van der Waals surface area contributed by atoms with Gasteiger partial charge in [0.25, 0.3) is 0 Å². The third-order valence-electron chi connectivity index (χ3n) is 1.94. The lowest BCUT2D eigenvalue weighted by atomic mass is 10.2. The van der Waals surface area contributed by atoms with Gasteiger partial charge in [-0.3, -0.25) is 4.68 Å². The Hall–Kier alpha value is -1.64. The summed E-state index contributed by atoms with van der Waals surface area (Å²) in [5.74, 6) is 0.347. The summed E-state index contributed by atoms with van der Waals surface area (Å²) < 4.78 is 1.64. The molecule has 0 unspecified atom stereocenters. The largest absolute Gasteiger partial charge is 0.266 e. The van der Waals surface area contributed by atoms with Crippen LogP contribution in [0, 0.1) is 0 Å². The van der Waals surface area contributed by atoms with E-state index in [1.54, 1.807) is 23.9 Å². The van der Waals surface area contributed by atoms with Gasteiger partial charge in [-0.1, -0.05) is 11.6 Å². The zero-order valence-electron chi connectivity index (χ0n) is 7.36. The first kappa shape index (κ1) is 8.94. The fourth-order valence-electron chi connectivity index (χ4n) is 1.35. The van der Waals surface area contributed by atoms with Gasteiger partial charge in [0.1, 0.15) is 0 Å². The summed E-state index contributed by atoms with van der Waals surface area (Å²) in [6.45, 7) is 0. The topological polar surface area (TPSA) is 47.2 Å². The zero-order chi connectivity index (χ0) is 10.1. The molecule has 1 aromatic carbocycles. The van der Waals surface area contributed by atoms with Gasteiger partial charge >= 0.3 is 0 Å². The molecule has 0 saturated carbocycles. The second kappa shape index (κ2) is 3.25. The van der Waals surface area contributed by atoms with Crippen molar-refractivity contribution in [2.75, 3.05) is 0 Å². The first-order valence-electron chi connectivity index (χ1n) is 3.92. The summed E-state index contributed by atoms with van der Waals surface area (Å²) in [5, 5.41) is 5.39. The minimum Gasteiger partial charge on any atom is -0.266 e. The molecule has 2 rings (SSSR count). The van der Waals surface area contributed by atoms with E-state index in [2.05, 4.69) is 10.1 Å². The van der Waals surface area contributed by atoms with Crippen LogP contribution in [0.15, 0.2) is 23.2 Å². The number of benzene rings is 1. The van der Waals surface area contributed by atoms with Gasteiger partial charge in [-0.15, -0.1) is 4.99 Å². The lowest BCUT2D eigenvalue weighted by molar-refractivity contribution is 0.565. The number of aromatic nitrogens is 2. The lowest BCUT2D eigenvalue weighted by Gasteiger charge is -1.92. The van der Waals surface area contributed by atoms with E-state index < -0.39 is 0 Å². The van der Waals surface area contributed by atoms with E-state index in [1.807, 2.05) is 6.07 Å². The summed E-state index contributed by atoms with van der Waals surface area (Å²) in [5.41, 5.74) is 0.878. The highest BCUT2D eigenvalue weighted by atomic mass is 35.5. The monoisotopic (exact) mass is 207 g/mol. The third-order valence-corrected chi connectivity index (χ3v) is 2.18. The summed E-state index contributed by atoms with van der Waals surface area (Å²) >= 11 is 5.82. The van der Waals surface area contributed by atoms with Crippen molar-refractivity contribution in [1.82, 2.24) is 9.78 Å². The van der Waals surface area contributed by atoms with Gasteiger partial charge in [0.15, 0.2) is 5.82 Å². The van der Waals surface area contributed by atoms with Crippen LogP contribution in [-0.2, 0) is 11.8 Å². The molecule has 70 valence electrons. The molecular weight excluding hydrogens is 202 g/mol. The maximum atomic E-state index is 10.1. The van der Waals surface area contributed by atoms with Gasteiger partial charge in [-0.2, -0.15) is 5.10 Å². The van der Waals surface area contributed by atoms with Crippen LogP contribution in [0.2, 0.25) is 5.02 Å². The van der Waals surface area contributed by atoms with Gasteiger partial charge in [0.05, 0.1) is 5.52 Å². The molecule has 0 atom stereocenters. The molecular formula is C9H6ClN3O. The van der Waals surface area contributed by atoms with Gasteiger partial charge in [-0.25, -0.2) is 4.79 Å². The summed E-state index contributed by atoms with van der Waals surface area (Å²) in [7, 11) is 1.78. The molecule has 1 heterocycles. The number of rotatable bonds is 1. The Morgan fingerprint density at radius 3 is 3.07 bits per heavy atom. The molecule has 0 saturated heterocycles. The Bertz CT molecular complexity index is 540. The molecule has 0 N–H and O–H groups in total. The van der Waals surface area contributed by atoms with Crippen molar-refractivity contribution in [1.29, 1.82) is 0 Å². The molecule has 4 nitrogen and oxygen atoms in total. The number of aryl methyl sites for hydroxylation is 1. The first-order chi connectivity index (χ1) is 6.72. The number of fused-ring (bicyclic) bond motifs is 1. The third kappa shape index (κ3) is 1.31. The van der Waals surface area contributed by atoms with Crippen LogP contribution in [0.5, 0.6) is 0 Å². The summed E-state index contributed by atoms with van der Waals surface area (Å²) in [6.07, 6.45) is 1.47. The van der Waals surface area contributed by atoms with Gasteiger partial charge in [-0.05, 0) is 18.2 Å². The van der Waals surface area contributed by atoms with E-state index in [-0.39, 0.29) is 0 Å². The molecule has 14 heavy (non-hydrogen) atoms. The molecule has 0 aliphatic carbocycles. The van der Waals surface area contributed by atoms with Crippen LogP contribution >= 0.6 is 11.6 Å². The Labute approximate surface area is 84.8 Å². The average Bonchev–Trinajstić information content (AvgIpc) is 2.44. The molecule has 0 fully saturated rings. The number of hydrogen-bond acceptors (Lipinski definition) is 3. The Morgan fingerprint density at radius 1 is 1.57 bits per heavy atom. The van der Waals surface area contributed by atoms with Crippen molar-refractivity contribution >= 4 is 34.4 Å². The quantitative estimate of drug-likeness (QED) is 0.532. The Morgan fingerprint density at radius 2 is 2.36 bits per heavy atom. The molecule has 0 amide bonds. The average molecular weight is 208 g/mol. The molecule has 5 heteroatoms. The second-order valence-corrected chi connectivity index (χ2v) is 3.25. The summed E-state index contributed by atoms with van der Waals surface area (Å²) in [4.78, 5) is 13.6. The van der Waals surface area contributed by atoms with Gasteiger partial charge in [0, 0.05) is 17.5 Å². The molecule has 0 spiro atoms. The van der Waals surface area contributed by atoms with E-state index in [0.717, 1.165) is 10.9 Å². The van der Waals surface area contributed by atoms with Crippen LogP contribution in [0.4, 0.5) is 5.82 Å². The van der Waals surface area contributed by atoms with E-state index in [4.69, 9.17) is 11.6 Å². The minimum absolute atomic E-state index is 0.347. The number of isocyanates is 1. The van der Waals surface area contributed by atoms with E-state index >= 15 is 0 Å². The maximum Gasteiger partial charge on any atom is 0.242 e. The predicted octanol–water partition coefficient (Wildman–Crippen LogP) is 2.19. The van der Waals surface area contributed by atoms with Crippen LogP contribution in [0.25, 0.3) is 10.9 Å². The predicted molar refractivity (Wildman–Crippen MR) is 53.5 cm³/mol. The molecule has 1 aromatic heterocycles. The van der Waals surface area contributed by atoms with Crippen LogP contribution in [0.3, 0.4) is 0 Å². The van der Waals surface area contributed by atoms with Crippen LogP contribution in [-0.4, -0.2) is 15.9 Å². The van der Waals surface area contributed by atoms with Gasteiger partial charge in [0.2, 0.25) is 6.08 Å². The molecule has 0 aliphatic heterocycles. The minimum atomic E-state index is 0.347. The fraction of sp³-hybridized carbons (Fsp3) is 0.111. The molecule has 2 aromatic rings. The van der Waals surface area contributed by atoms with E-state index in [0.29, 0.717) is 10.8 Å². The maximum absolute atomic E-state index is 10.1. The highest BCUT2D eigenvalue weighted by Crippen LogP contribution is 2.26. The fourth-order valence-corrected chi connectivity index (χ4v) is 1.52.